The third kappa shape index (κ3) is 4.10. The summed E-state index contributed by atoms with van der Waals surface area (Å²) in [6.07, 6.45) is 2.72. The van der Waals surface area contributed by atoms with Crippen LogP contribution in [0.2, 0.25) is 5.02 Å². The van der Waals surface area contributed by atoms with E-state index in [4.69, 9.17) is 21.1 Å². The third-order valence-electron chi connectivity index (χ3n) is 4.57. The molecule has 5 nitrogen and oxygen atoms in total. The van der Waals surface area contributed by atoms with Crippen molar-refractivity contribution in [3.05, 3.63) is 77.7 Å². The van der Waals surface area contributed by atoms with E-state index in [0.717, 1.165) is 27.9 Å². The molecule has 0 radical (unpaired) electrons. The van der Waals surface area contributed by atoms with Gasteiger partial charge in [-0.2, -0.15) is 5.10 Å². The Balaban J connectivity index is 1.46. The molecule has 0 aliphatic rings. The van der Waals surface area contributed by atoms with Gasteiger partial charge >= 0.3 is 0 Å². The second kappa shape index (κ2) is 8.31. The number of halogens is 1. The average molecular weight is 394 g/mol. The molecule has 2 aromatic carbocycles. The van der Waals surface area contributed by atoms with Crippen LogP contribution in [0, 0.1) is 0 Å². The van der Waals surface area contributed by atoms with Crippen molar-refractivity contribution < 1.29 is 9.21 Å². The first-order chi connectivity index (χ1) is 13.7. The molecule has 2 heterocycles. The molecule has 0 bridgehead atoms. The molecule has 0 atom stereocenters. The number of carbonyl (C=O) groups is 1. The second-order valence-corrected chi connectivity index (χ2v) is 7.00. The minimum absolute atomic E-state index is 0.000751. The van der Waals surface area contributed by atoms with Gasteiger partial charge in [-0.25, -0.2) is 0 Å². The van der Waals surface area contributed by atoms with E-state index in [0.29, 0.717) is 31.0 Å². The molecular formula is C22H20ClN3O2. The summed E-state index contributed by atoms with van der Waals surface area (Å²) < 4.78 is 7.17. The Hall–Kier alpha value is -3.05. The third-order valence-corrected chi connectivity index (χ3v) is 4.81. The van der Waals surface area contributed by atoms with Gasteiger partial charge in [-0.1, -0.05) is 41.9 Å². The summed E-state index contributed by atoms with van der Waals surface area (Å²) in [7, 11) is 0. The summed E-state index contributed by atoms with van der Waals surface area (Å²) in [6.45, 7) is 1.06. The van der Waals surface area contributed by atoms with Crippen molar-refractivity contribution in [2.45, 2.75) is 25.9 Å². The number of hydrogen-bond acceptors (Lipinski definition) is 3. The smallest absolute Gasteiger partial charge is 0.220 e. The lowest BCUT2D eigenvalue weighted by Gasteiger charge is -2.05. The second-order valence-electron chi connectivity index (χ2n) is 6.56. The lowest BCUT2D eigenvalue weighted by Crippen LogP contribution is -2.22. The van der Waals surface area contributed by atoms with E-state index in [-0.39, 0.29) is 5.91 Å². The van der Waals surface area contributed by atoms with E-state index in [1.807, 2.05) is 59.3 Å². The highest BCUT2D eigenvalue weighted by atomic mass is 35.5. The Morgan fingerprint density at radius 2 is 1.96 bits per heavy atom. The van der Waals surface area contributed by atoms with Crippen molar-refractivity contribution in [3.8, 4) is 11.3 Å². The summed E-state index contributed by atoms with van der Waals surface area (Å²) in [4.78, 5) is 12.1. The predicted molar refractivity (Wildman–Crippen MR) is 110 cm³/mol. The van der Waals surface area contributed by atoms with Crippen LogP contribution in [0.5, 0.6) is 0 Å². The first-order valence-electron chi connectivity index (χ1n) is 9.21. The van der Waals surface area contributed by atoms with Gasteiger partial charge in [0.25, 0.3) is 0 Å². The van der Waals surface area contributed by atoms with Crippen LogP contribution in [0.1, 0.15) is 18.6 Å². The van der Waals surface area contributed by atoms with Crippen LogP contribution in [-0.2, 0) is 17.9 Å². The SMILES string of the molecule is O=C(CCCn1nc(-c2ccccc2)c2cc(Cl)ccc21)NCc1ccco1. The van der Waals surface area contributed by atoms with E-state index >= 15 is 0 Å². The van der Waals surface area contributed by atoms with E-state index < -0.39 is 0 Å². The Labute approximate surface area is 167 Å². The Kier molecular flexibility index (Phi) is 5.44. The fraction of sp³-hybridized carbons (Fsp3) is 0.182. The van der Waals surface area contributed by atoms with Gasteiger partial charge in [0.05, 0.1) is 18.3 Å². The number of rotatable bonds is 7. The Bertz CT molecular complexity index is 1070. The number of aromatic nitrogens is 2. The van der Waals surface area contributed by atoms with Crippen LogP contribution in [0.15, 0.2) is 71.3 Å². The highest BCUT2D eigenvalue weighted by molar-refractivity contribution is 6.31. The molecule has 2 aromatic heterocycles. The van der Waals surface area contributed by atoms with Gasteiger partial charge in [-0.15, -0.1) is 0 Å². The largest absolute Gasteiger partial charge is 0.467 e. The Morgan fingerprint density at radius 1 is 1.11 bits per heavy atom. The molecule has 4 rings (SSSR count). The zero-order valence-corrected chi connectivity index (χ0v) is 16.0. The van der Waals surface area contributed by atoms with Gasteiger partial charge < -0.3 is 9.73 Å². The maximum absolute atomic E-state index is 12.1. The van der Waals surface area contributed by atoms with Crippen LogP contribution >= 0.6 is 11.6 Å². The average Bonchev–Trinajstić information content (AvgIpc) is 3.35. The minimum atomic E-state index is -0.000751. The number of fused-ring (bicyclic) bond motifs is 1. The molecule has 0 spiro atoms. The number of hydrogen-bond donors (Lipinski definition) is 1. The summed E-state index contributed by atoms with van der Waals surface area (Å²) in [5.74, 6) is 0.745. The zero-order chi connectivity index (χ0) is 19.3. The standard InChI is InChI=1S/C22H20ClN3O2/c23-17-10-11-20-19(14-17)22(16-6-2-1-3-7-16)25-26(20)12-4-9-21(27)24-15-18-8-5-13-28-18/h1-3,5-8,10-11,13-14H,4,9,12,15H2,(H,24,27). The molecule has 6 heteroatoms. The Morgan fingerprint density at radius 3 is 2.75 bits per heavy atom. The predicted octanol–water partition coefficient (Wildman–Crippen LogP) is 5.05. The lowest BCUT2D eigenvalue weighted by atomic mass is 10.1. The first kappa shape index (κ1) is 18.3. The van der Waals surface area contributed by atoms with Crippen LogP contribution in [0.25, 0.3) is 22.2 Å². The quantitative estimate of drug-likeness (QED) is 0.478. The molecule has 142 valence electrons. The van der Waals surface area contributed by atoms with Gasteiger partial charge in [0.1, 0.15) is 11.5 Å². The van der Waals surface area contributed by atoms with Crippen molar-refractivity contribution in [2.24, 2.45) is 0 Å². The molecule has 0 saturated heterocycles. The number of nitrogens with zero attached hydrogens (tertiary/aromatic N) is 2. The van der Waals surface area contributed by atoms with Crippen molar-refractivity contribution in [1.29, 1.82) is 0 Å². The van der Waals surface area contributed by atoms with Gasteiger partial charge in [0.15, 0.2) is 0 Å². The van der Waals surface area contributed by atoms with Crippen LogP contribution in [-0.4, -0.2) is 15.7 Å². The van der Waals surface area contributed by atoms with E-state index in [9.17, 15) is 4.79 Å². The number of furan rings is 1. The number of benzene rings is 2. The summed E-state index contributed by atoms with van der Waals surface area (Å²) >= 11 is 6.21. The van der Waals surface area contributed by atoms with Gasteiger partial charge in [-0.05, 0) is 36.8 Å². The molecule has 1 amide bonds. The van der Waals surface area contributed by atoms with Crippen molar-refractivity contribution >= 4 is 28.4 Å². The molecule has 0 unspecified atom stereocenters. The number of amides is 1. The van der Waals surface area contributed by atoms with Crippen LogP contribution < -0.4 is 5.32 Å². The van der Waals surface area contributed by atoms with Gasteiger partial charge in [0.2, 0.25) is 5.91 Å². The molecule has 28 heavy (non-hydrogen) atoms. The maximum atomic E-state index is 12.1. The number of nitrogens with one attached hydrogen (secondary N) is 1. The summed E-state index contributed by atoms with van der Waals surface area (Å²) in [6, 6.07) is 19.5. The monoisotopic (exact) mass is 393 g/mol. The molecule has 0 fully saturated rings. The number of carbonyl (C=O) groups excluding carboxylic acids is 1. The van der Waals surface area contributed by atoms with Crippen LogP contribution in [0.3, 0.4) is 0 Å². The fourth-order valence-electron chi connectivity index (χ4n) is 3.21. The molecule has 0 aliphatic heterocycles. The molecule has 4 aromatic rings. The summed E-state index contributed by atoms with van der Waals surface area (Å²) in [5, 5.41) is 9.36. The van der Waals surface area contributed by atoms with E-state index in [2.05, 4.69) is 5.32 Å². The zero-order valence-electron chi connectivity index (χ0n) is 15.3. The normalized spacial score (nSPS) is 11.0. The highest BCUT2D eigenvalue weighted by Crippen LogP contribution is 2.30. The van der Waals surface area contributed by atoms with Crippen molar-refractivity contribution in [1.82, 2.24) is 15.1 Å². The van der Waals surface area contributed by atoms with E-state index in [1.165, 1.54) is 0 Å². The highest BCUT2D eigenvalue weighted by Gasteiger charge is 2.13. The van der Waals surface area contributed by atoms with Crippen molar-refractivity contribution in [2.75, 3.05) is 0 Å². The fourth-order valence-corrected chi connectivity index (χ4v) is 3.38. The van der Waals surface area contributed by atoms with Crippen LogP contribution in [0.4, 0.5) is 0 Å². The van der Waals surface area contributed by atoms with Crippen molar-refractivity contribution in [3.63, 3.8) is 0 Å². The molecule has 1 N–H and O–H groups in total. The van der Waals surface area contributed by atoms with E-state index in [1.54, 1.807) is 12.3 Å². The number of aryl methyl sites for hydroxylation is 1. The molecular weight excluding hydrogens is 374 g/mol. The molecule has 0 aliphatic carbocycles. The summed E-state index contributed by atoms with van der Waals surface area (Å²) in [5.41, 5.74) is 2.96. The maximum Gasteiger partial charge on any atom is 0.220 e. The first-order valence-corrected chi connectivity index (χ1v) is 9.59. The molecule has 0 saturated carbocycles. The van der Waals surface area contributed by atoms with Gasteiger partial charge in [0, 0.05) is 28.9 Å². The lowest BCUT2D eigenvalue weighted by molar-refractivity contribution is -0.121. The topological polar surface area (TPSA) is 60.1 Å². The van der Waals surface area contributed by atoms with Gasteiger partial charge in [-0.3, -0.25) is 9.48 Å². The minimum Gasteiger partial charge on any atom is -0.467 e.